The molecular formula is C15H23NS. The normalized spacial score (nSPS) is 23.4. The Bertz CT molecular complexity index is 351. The highest BCUT2D eigenvalue weighted by atomic mass is 32.2. The number of aryl methyl sites for hydroxylation is 1. The third-order valence-corrected chi connectivity index (χ3v) is 5.07. The highest BCUT2D eigenvalue weighted by Gasteiger charge is 2.26. The Kier molecular flexibility index (Phi) is 4.93. The van der Waals surface area contributed by atoms with Crippen LogP contribution >= 0.6 is 11.8 Å². The Hall–Kier alpha value is -0.470. The molecule has 0 fully saturated rings. The molecule has 0 aromatic heterocycles. The predicted octanol–water partition coefficient (Wildman–Crippen LogP) is 3.92. The second kappa shape index (κ2) is 6.46. The highest BCUT2D eigenvalue weighted by Crippen LogP contribution is 2.35. The van der Waals surface area contributed by atoms with Crippen molar-refractivity contribution in [3.63, 3.8) is 0 Å². The van der Waals surface area contributed by atoms with Gasteiger partial charge in [-0.1, -0.05) is 44.0 Å². The average molecular weight is 249 g/mol. The molecule has 1 aliphatic rings. The van der Waals surface area contributed by atoms with Gasteiger partial charge in [-0.15, -0.1) is 0 Å². The van der Waals surface area contributed by atoms with Crippen molar-refractivity contribution in [1.29, 1.82) is 0 Å². The van der Waals surface area contributed by atoms with Gasteiger partial charge < -0.3 is 5.73 Å². The summed E-state index contributed by atoms with van der Waals surface area (Å²) in [7, 11) is 0. The van der Waals surface area contributed by atoms with E-state index in [1.54, 1.807) is 0 Å². The molecule has 2 atom stereocenters. The van der Waals surface area contributed by atoms with E-state index in [0.29, 0.717) is 5.25 Å². The number of benzene rings is 1. The number of unbranched alkanes of at least 4 members (excludes halogenated alkanes) is 2. The van der Waals surface area contributed by atoms with Crippen molar-refractivity contribution in [2.45, 2.75) is 50.3 Å². The van der Waals surface area contributed by atoms with Gasteiger partial charge in [-0.3, -0.25) is 0 Å². The van der Waals surface area contributed by atoms with Gasteiger partial charge in [-0.2, -0.15) is 11.8 Å². The Morgan fingerprint density at radius 1 is 1.29 bits per heavy atom. The van der Waals surface area contributed by atoms with Crippen molar-refractivity contribution in [3.8, 4) is 0 Å². The molecule has 0 heterocycles. The fraction of sp³-hybridized carbons (Fsp3) is 0.600. The second-order valence-electron chi connectivity index (χ2n) is 4.88. The van der Waals surface area contributed by atoms with Crippen LogP contribution in [0, 0.1) is 0 Å². The molecule has 2 N–H and O–H groups in total. The van der Waals surface area contributed by atoms with E-state index in [0.717, 1.165) is 0 Å². The SMILES string of the molecule is CCCCCSC1CCc2ccccc2C1N. The Labute approximate surface area is 109 Å². The first-order chi connectivity index (χ1) is 8.33. The minimum absolute atomic E-state index is 0.242. The van der Waals surface area contributed by atoms with Gasteiger partial charge >= 0.3 is 0 Å². The summed E-state index contributed by atoms with van der Waals surface area (Å²) in [5.74, 6) is 1.27. The van der Waals surface area contributed by atoms with Crippen molar-refractivity contribution < 1.29 is 0 Å². The molecule has 17 heavy (non-hydrogen) atoms. The van der Waals surface area contributed by atoms with Gasteiger partial charge in [0.1, 0.15) is 0 Å². The van der Waals surface area contributed by atoms with Crippen molar-refractivity contribution in [1.82, 2.24) is 0 Å². The molecule has 0 aliphatic heterocycles. The van der Waals surface area contributed by atoms with Crippen LogP contribution in [0.1, 0.15) is 49.8 Å². The lowest BCUT2D eigenvalue weighted by atomic mass is 9.88. The molecule has 0 spiro atoms. The van der Waals surface area contributed by atoms with Crippen LogP contribution in [0.2, 0.25) is 0 Å². The Balaban J connectivity index is 1.90. The quantitative estimate of drug-likeness (QED) is 0.800. The summed E-state index contributed by atoms with van der Waals surface area (Å²) < 4.78 is 0. The molecule has 0 saturated carbocycles. The van der Waals surface area contributed by atoms with Crippen molar-refractivity contribution >= 4 is 11.8 Å². The molecular weight excluding hydrogens is 226 g/mol. The van der Waals surface area contributed by atoms with E-state index in [9.17, 15) is 0 Å². The summed E-state index contributed by atoms with van der Waals surface area (Å²) in [5, 5.41) is 0.627. The molecule has 1 nitrogen and oxygen atoms in total. The van der Waals surface area contributed by atoms with Crippen LogP contribution < -0.4 is 5.73 Å². The maximum absolute atomic E-state index is 6.38. The van der Waals surface area contributed by atoms with Crippen LogP contribution in [0.5, 0.6) is 0 Å². The van der Waals surface area contributed by atoms with Crippen LogP contribution in [-0.4, -0.2) is 11.0 Å². The number of thioether (sulfide) groups is 1. The Morgan fingerprint density at radius 3 is 2.94 bits per heavy atom. The summed E-state index contributed by atoms with van der Waals surface area (Å²) in [6.07, 6.45) is 6.45. The van der Waals surface area contributed by atoms with E-state index in [2.05, 4.69) is 43.0 Å². The summed E-state index contributed by atoms with van der Waals surface area (Å²) in [6, 6.07) is 8.92. The first-order valence-corrected chi connectivity index (χ1v) is 7.82. The van der Waals surface area contributed by atoms with Gasteiger partial charge in [0.05, 0.1) is 0 Å². The van der Waals surface area contributed by atoms with E-state index in [-0.39, 0.29) is 6.04 Å². The number of nitrogens with two attached hydrogens (primary N) is 1. The largest absolute Gasteiger partial charge is 0.323 e. The summed E-state index contributed by atoms with van der Waals surface area (Å²) in [6.45, 7) is 2.26. The molecule has 1 aliphatic carbocycles. The van der Waals surface area contributed by atoms with Crippen LogP contribution in [0.4, 0.5) is 0 Å². The fourth-order valence-electron chi connectivity index (χ4n) is 2.54. The monoisotopic (exact) mass is 249 g/mol. The van der Waals surface area contributed by atoms with Crippen LogP contribution in [-0.2, 0) is 6.42 Å². The third-order valence-electron chi connectivity index (χ3n) is 3.59. The van der Waals surface area contributed by atoms with E-state index >= 15 is 0 Å². The molecule has 2 heteroatoms. The van der Waals surface area contributed by atoms with Gasteiger partial charge in [0.15, 0.2) is 0 Å². The van der Waals surface area contributed by atoms with E-state index in [1.807, 2.05) is 0 Å². The lowest BCUT2D eigenvalue weighted by Crippen LogP contribution is -2.29. The van der Waals surface area contributed by atoms with Crippen LogP contribution in [0.25, 0.3) is 0 Å². The number of hydrogen-bond acceptors (Lipinski definition) is 2. The van der Waals surface area contributed by atoms with Crippen molar-refractivity contribution in [2.24, 2.45) is 5.73 Å². The van der Waals surface area contributed by atoms with Crippen molar-refractivity contribution in [3.05, 3.63) is 35.4 Å². The van der Waals surface area contributed by atoms with Gasteiger partial charge in [-0.25, -0.2) is 0 Å². The maximum Gasteiger partial charge on any atom is 0.0418 e. The Morgan fingerprint density at radius 2 is 2.12 bits per heavy atom. The predicted molar refractivity (Wildman–Crippen MR) is 77.5 cm³/mol. The van der Waals surface area contributed by atoms with Crippen molar-refractivity contribution in [2.75, 3.05) is 5.75 Å². The molecule has 2 unspecified atom stereocenters. The van der Waals surface area contributed by atoms with E-state index in [1.165, 1.54) is 49.0 Å². The first kappa shape index (κ1) is 13.0. The zero-order valence-corrected chi connectivity index (χ0v) is 11.5. The molecule has 2 rings (SSSR count). The molecule has 0 radical (unpaired) electrons. The van der Waals surface area contributed by atoms with Crippen LogP contribution in [0.3, 0.4) is 0 Å². The van der Waals surface area contributed by atoms with Gasteiger partial charge in [-0.05, 0) is 36.1 Å². The minimum Gasteiger partial charge on any atom is -0.323 e. The summed E-state index contributed by atoms with van der Waals surface area (Å²) in [4.78, 5) is 0. The number of rotatable bonds is 5. The molecule has 0 bridgehead atoms. The molecule has 94 valence electrons. The summed E-state index contributed by atoms with van der Waals surface area (Å²) in [5.41, 5.74) is 9.23. The fourth-order valence-corrected chi connectivity index (χ4v) is 3.85. The van der Waals surface area contributed by atoms with Gasteiger partial charge in [0.2, 0.25) is 0 Å². The van der Waals surface area contributed by atoms with Gasteiger partial charge in [0, 0.05) is 11.3 Å². The first-order valence-electron chi connectivity index (χ1n) is 6.78. The average Bonchev–Trinajstić information content (AvgIpc) is 2.37. The number of fused-ring (bicyclic) bond motifs is 1. The number of hydrogen-bond donors (Lipinski definition) is 1. The van der Waals surface area contributed by atoms with Crippen LogP contribution in [0.15, 0.2) is 24.3 Å². The molecule has 1 aromatic rings. The maximum atomic E-state index is 6.38. The van der Waals surface area contributed by atoms with E-state index < -0.39 is 0 Å². The lowest BCUT2D eigenvalue weighted by molar-refractivity contribution is 0.586. The van der Waals surface area contributed by atoms with E-state index in [4.69, 9.17) is 5.73 Å². The second-order valence-corrected chi connectivity index (χ2v) is 6.23. The highest BCUT2D eigenvalue weighted by molar-refractivity contribution is 7.99. The topological polar surface area (TPSA) is 26.0 Å². The molecule has 0 saturated heterocycles. The molecule has 0 amide bonds. The minimum atomic E-state index is 0.242. The molecule has 1 aromatic carbocycles. The lowest BCUT2D eigenvalue weighted by Gasteiger charge is -2.30. The van der Waals surface area contributed by atoms with Gasteiger partial charge in [0.25, 0.3) is 0 Å². The zero-order valence-electron chi connectivity index (χ0n) is 10.7. The standard InChI is InChI=1S/C15H23NS/c1-2-3-6-11-17-14-10-9-12-7-4-5-8-13(12)15(14)16/h4-5,7-8,14-15H,2-3,6,9-11,16H2,1H3. The summed E-state index contributed by atoms with van der Waals surface area (Å²) >= 11 is 2.08. The smallest absolute Gasteiger partial charge is 0.0418 e. The third kappa shape index (κ3) is 3.26. The zero-order chi connectivity index (χ0) is 12.1.